The zero-order valence-electron chi connectivity index (χ0n) is 26.3. The molecule has 4 N–H and O–H groups in total. The monoisotopic (exact) mass is 724 g/mol. The minimum Gasteiger partial charge on any atom is -0.465 e. The number of para-hydroxylation sites is 2. The highest BCUT2D eigenvalue weighted by Crippen LogP contribution is 2.46. The fraction of sp³-hybridized carbons (Fsp3) is 0.0541. The highest BCUT2D eigenvalue weighted by atomic mass is 32.2. The van der Waals surface area contributed by atoms with Gasteiger partial charge in [0.25, 0.3) is 0 Å². The van der Waals surface area contributed by atoms with E-state index in [0.717, 1.165) is 59.5 Å². The lowest BCUT2D eigenvalue weighted by Gasteiger charge is -2.28. The molecule has 0 aliphatic carbocycles. The number of hydrogen-bond donors (Lipinski definition) is 5. The number of aromatic amines is 1. The van der Waals surface area contributed by atoms with E-state index in [0.29, 0.717) is 16.2 Å². The van der Waals surface area contributed by atoms with Gasteiger partial charge in [0.1, 0.15) is 22.0 Å². The topological polar surface area (TPSA) is 151 Å². The number of rotatable bonds is 4. The van der Waals surface area contributed by atoms with E-state index in [1.807, 2.05) is 42.5 Å². The Kier molecular flexibility index (Phi) is 9.58. The van der Waals surface area contributed by atoms with Crippen molar-refractivity contribution in [3.63, 3.8) is 0 Å². The average molecular weight is 725 g/mol. The zero-order chi connectivity index (χ0) is 34.8. The van der Waals surface area contributed by atoms with Gasteiger partial charge in [0.2, 0.25) is 0 Å². The molecule has 0 bridgehead atoms. The number of H-pyrrole nitrogens is 1. The van der Waals surface area contributed by atoms with E-state index < -0.39 is 13.8 Å². The van der Waals surface area contributed by atoms with Crippen LogP contribution in [0, 0.1) is 0 Å². The Hall–Kier alpha value is -4.78. The van der Waals surface area contributed by atoms with Crippen molar-refractivity contribution in [2.24, 2.45) is 0 Å². The first kappa shape index (κ1) is 33.7. The number of ether oxygens (including phenoxy) is 3. The predicted molar refractivity (Wildman–Crippen MR) is 197 cm³/mol. The minimum atomic E-state index is -4.64. The number of nitrogens with zero attached hydrogens (tertiary/aromatic N) is 1. The van der Waals surface area contributed by atoms with Crippen LogP contribution in [0.4, 0.5) is 0 Å². The summed E-state index contributed by atoms with van der Waals surface area (Å²) in [6, 6.07) is 40.6. The lowest BCUT2D eigenvalue weighted by atomic mass is 9.97. The first-order chi connectivity index (χ1) is 24.1. The van der Waals surface area contributed by atoms with Gasteiger partial charge < -0.3 is 33.9 Å². The maximum atomic E-state index is 12.2. The molecule has 2 heterocycles. The molecule has 0 fully saturated rings. The molecule has 1 aromatic heterocycles. The van der Waals surface area contributed by atoms with E-state index in [2.05, 4.69) is 71.7 Å². The van der Waals surface area contributed by atoms with Gasteiger partial charge >= 0.3 is 13.8 Å². The standard InChI is InChI=1S/C37H26N2O4S2.H3O4P/c1-41-35(40)25-17-18-29-30(21-25)39-36(38-29)45-37(43-34-26-12-4-6-14-31(26)42-32-15-7-5-13-27(32)34)44-33-16-8-11-24-19-22-9-2-3-10-23(22)20-28(24)33;1-5(2,3)4/h2-21,34,45H,1H3,(H,38,39);(H3,1,2,3,4). The van der Waals surface area contributed by atoms with Crippen molar-refractivity contribution < 1.29 is 38.3 Å². The smallest absolute Gasteiger partial charge is 0.465 e. The number of nitrogens with one attached hydrogen (secondary N) is 1. The van der Waals surface area contributed by atoms with Gasteiger partial charge in [0, 0.05) is 16.0 Å². The van der Waals surface area contributed by atoms with Crippen LogP contribution in [0.5, 0.6) is 11.5 Å². The number of methoxy groups -OCH3 is 1. The van der Waals surface area contributed by atoms with Crippen LogP contribution >= 0.6 is 30.9 Å². The summed E-state index contributed by atoms with van der Waals surface area (Å²) in [6.07, 6.45) is -0.382. The number of aromatic nitrogens is 2. The molecular formula is C37H29N2O8PS2. The number of fused-ring (bicyclic) bond motifs is 5. The van der Waals surface area contributed by atoms with Gasteiger partial charge in [-0.2, -0.15) is 0 Å². The highest BCUT2D eigenvalue weighted by Gasteiger charge is 2.29. The van der Waals surface area contributed by atoms with Crippen molar-refractivity contribution >= 4 is 73.9 Å². The number of hydrogen-bond acceptors (Lipinski definition) is 7. The SMILES string of the molecule is COC(=O)c1ccc2[nH]c([SH]=C(OC3c4ccccc4Oc4ccccc43)Sc3cccc4cc5ccccc5cc34)nc2c1.O=P(O)(O)O. The maximum absolute atomic E-state index is 12.2. The van der Waals surface area contributed by atoms with Gasteiger partial charge in [-0.25, -0.2) is 14.3 Å². The Morgan fingerprint density at radius 1 is 0.820 bits per heavy atom. The van der Waals surface area contributed by atoms with E-state index in [1.165, 1.54) is 17.9 Å². The normalized spacial score (nSPS) is 13.1. The molecule has 1 aliphatic heterocycles. The van der Waals surface area contributed by atoms with Crippen LogP contribution in [-0.2, 0) is 14.0 Å². The molecule has 50 heavy (non-hydrogen) atoms. The third-order valence-corrected chi connectivity index (χ3v) is 9.94. The van der Waals surface area contributed by atoms with Gasteiger partial charge in [0.05, 0.1) is 23.7 Å². The molecule has 252 valence electrons. The van der Waals surface area contributed by atoms with Crippen molar-refractivity contribution in [1.82, 2.24) is 9.97 Å². The highest BCUT2D eigenvalue weighted by molar-refractivity contribution is 8.26. The van der Waals surface area contributed by atoms with Crippen LogP contribution in [0.1, 0.15) is 27.6 Å². The van der Waals surface area contributed by atoms with Crippen LogP contribution in [-0.4, -0.2) is 42.1 Å². The summed E-state index contributed by atoms with van der Waals surface area (Å²) >= 11 is 2.34. The Labute approximate surface area is 293 Å². The largest absolute Gasteiger partial charge is 0.466 e. The van der Waals surface area contributed by atoms with Crippen molar-refractivity contribution in [3.8, 4) is 11.5 Å². The second kappa shape index (κ2) is 14.2. The van der Waals surface area contributed by atoms with Gasteiger partial charge in [0.15, 0.2) is 5.16 Å². The van der Waals surface area contributed by atoms with Crippen LogP contribution in [0.15, 0.2) is 131 Å². The third-order valence-electron chi connectivity index (χ3n) is 7.83. The number of thioether (sulfide) groups is 1. The van der Waals surface area contributed by atoms with Crippen molar-refractivity contribution in [2.45, 2.75) is 16.2 Å². The fourth-order valence-corrected chi connectivity index (χ4v) is 7.83. The summed E-state index contributed by atoms with van der Waals surface area (Å²) < 4.78 is 27.8. The van der Waals surface area contributed by atoms with Crippen LogP contribution in [0.3, 0.4) is 0 Å². The van der Waals surface area contributed by atoms with E-state index in [1.54, 1.807) is 23.9 Å². The van der Waals surface area contributed by atoms with Gasteiger partial charge in [-0.05, 0) is 70.1 Å². The Morgan fingerprint density at radius 2 is 1.44 bits per heavy atom. The number of carbonyl (C=O) groups is 1. The third kappa shape index (κ3) is 7.52. The molecule has 0 amide bonds. The fourth-order valence-electron chi connectivity index (χ4n) is 5.66. The number of esters is 1. The van der Waals surface area contributed by atoms with Crippen molar-refractivity contribution in [1.29, 1.82) is 0 Å². The average Bonchev–Trinajstić information content (AvgIpc) is 3.51. The number of benzene rings is 6. The number of phosphoric acid groups is 1. The number of imidazole rings is 1. The lowest BCUT2D eigenvalue weighted by molar-refractivity contribution is 0.0600. The molecule has 7 aromatic rings. The molecular weight excluding hydrogens is 696 g/mol. The molecule has 6 aromatic carbocycles. The molecule has 10 nitrogen and oxygen atoms in total. The molecule has 0 saturated carbocycles. The summed E-state index contributed by atoms with van der Waals surface area (Å²) in [5.74, 6) is 1.15. The van der Waals surface area contributed by atoms with Crippen molar-refractivity contribution in [3.05, 3.63) is 138 Å². The van der Waals surface area contributed by atoms with Gasteiger partial charge in [-0.1, -0.05) is 95.9 Å². The van der Waals surface area contributed by atoms with E-state index in [9.17, 15) is 4.79 Å². The lowest BCUT2D eigenvalue weighted by Crippen LogP contribution is -2.15. The molecule has 8 rings (SSSR count). The molecule has 13 heteroatoms. The van der Waals surface area contributed by atoms with Gasteiger partial charge in [-0.15, -0.1) is 0 Å². The van der Waals surface area contributed by atoms with Crippen LogP contribution < -0.4 is 4.74 Å². The van der Waals surface area contributed by atoms with Gasteiger partial charge in [-0.3, -0.25) is 0 Å². The summed E-state index contributed by atoms with van der Waals surface area (Å²) in [6.45, 7) is 0. The number of carbonyl (C=O) groups excluding carboxylic acids is 1. The van der Waals surface area contributed by atoms with E-state index in [-0.39, 0.29) is 6.10 Å². The second-order valence-corrected chi connectivity index (χ2v) is 14.5. The maximum Gasteiger partial charge on any atom is 0.466 e. The molecule has 0 unspecified atom stereocenters. The minimum absolute atomic E-state index is 0.382. The van der Waals surface area contributed by atoms with E-state index >= 15 is 0 Å². The van der Waals surface area contributed by atoms with Crippen LogP contribution in [0.25, 0.3) is 32.6 Å². The molecule has 0 spiro atoms. The molecule has 0 radical (unpaired) electrons. The molecule has 0 saturated heterocycles. The molecule has 0 atom stereocenters. The number of thiol groups is 1. The quantitative estimate of drug-likeness (QED) is 0.0299. The summed E-state index contributed by atoms with van der Waals surface area (Å²) in [5, 5.41) is 5.40. The Balaban J connectivity index is 0.000000734. The Bertz CT molecular complexity index is 2420. The molecule has 1 aliphatic rings. The summed E-state index contributed by atoms with van der Waals surface area (Å²) in [4.78, 5) is 43.1. The van der Waals surface area contributed by atoms with Crippen molar-refractivity contribution in [2.75, 3.05) is 7.11 Å². The zero-order valence-corrected chi connectivity index (χ0v) is 28.9. The van der Waals surface area contributed by atoms with E-state index in [4.69, 9.17) is 38.4 Å². The first-order valence-electron chi connectivity index (χ1n) is 15.2. The Morgan fingerprint density at radius 3 is 2.12 bits per heavy atom. The van der Waals surface area contributed by atoms with Crippen LogP contribution in [0.2, 0.25) is 0 Å². The second-order valence-electron chi connectivity index (χ2n) is 11.1. The predicted octanol–water partition coefficient (Wildman–Crippen LogP) is 8.34. The summed E-state index contributed by atoms with van der Waals surface area (Å²) in [5.41, 5.74) is 3.88. The summed E-state index contributed by atoms with van der Waals surface area (Å²) in [7, 11) is -3.26. The first-order valence-corrected chi connectivity index (χ1v) is 18.5.